The minimum atomic E-state index is -0.00392. The Kier molecular flexibility index (Phi) is 5.83. The Bertz CT molecular complexity index is 688. The van der Waals surface area contributed by atoms with E-state index >= 15 is 0 Å². The molecule has 23 heavy (non-hydrogen) atoms. The van der Waals surface area contributed by atoms with Crippen molar-refractivity contribution in [2.75, 3.05) is 21.2 Å². The van der Waals surface area contributed by atoms with Crippen LogP contribution < -0.4 is 4.74 Å². The highest BCUT2D eigenvalue weighted by molar-refractivity contribution is 6.30. The fourth-order valence-electron chi connectivity index (χ4n) is 2.20. The summed E-state index contributed by atoms with van der Waals surface area (Å²) >= 11 is 5.91. The molecule has 0 unspecified atom stereocenters. The molecule has 0 fully saturated rings. The maximum Gasteiger partial charge on any atom is 0.249 e. The monoisotopic (exact) mass is 329 g/mol. The number of nitrogens with zero attached hydrogens (tertiary/aromatic N) is 1. The van der Waals surface area contributed by atoms with Crippen molar-refractivity contribution < 1.29 is 9.53 Å². The predicted molar refractivity (Wildman–Crippen MR) is 94.8 cm³/mol. The summed E-state index contributed by atoms with van der Waals surface area (Å²) < 4.78 is 5.16. The van der Waals surface area contributed by atoms with Crippen molar-refractivity contribution in [1.29, 1.82) is 0 Å². The largest absolute Gasteiger partial charge is 0.497 e. The molecule has 0 atom stereocenters. The summed E-state index contributed by atoms with van der Waals surface area (Å²) in [6.45, 7) is 0. The van der Waals surface area contributed by atoms with E-state index in [1.54, 1.807) is 26.1 Å². The van der Waals surface area contributed by atoms with Crippen molar-refractivity contribution in [1.82, 2.24) is 4.90 Å². The van der Waals surface area contributed by atoms with E-state index in [0.29, 0.717) is 11.4 Å². The number of amides is 1. The van der Waals surface area contributed by atoms with E-state index < -0.39 is 0 Å². The molecule has 0 saturated heterocycles. The van der Waals surface area contributed by atoms with Gasteiger partial charge in [0, 0.05) is 31.1 Å². The van der Waals surface area contributed by atoms with E-state index in [1.165, 1.54) is 0 Å². The summed E-state index contributed by atoms with van der Waals surface area (Å²) in [6, 6.07) is 15.2. The molecule has 2 rings (SSSR count). The quantitative estimate of drug-likeness (QED) is 0.774. The molecule has 4 heteroatoms. The van der Waals surface area contributed by atoms with Gasteiger partial charge in [0.25, 0.3) is 0 Å². The van der Waals surface area contributed by atoms with Crippen LogP contribution in [-0.2, 0) is 11.2 Å². The standard InChI is InChI=1S/C19H20ClNO2/c1-21(2)19(22)16(12-14-4-8-17(20)9-5-14)13-15-6-10-18(23-3)11-7-15/h4-12H,13H2,1-3H3. The maximum atomic E-state index is 12.4. The minimum Gasteiger partial charge on any atom is -0.497 e. The third kappa shape index (κ3) is 4.86. The van der Waals surface area contributed by atoms with Crippen molar-refractivity contribution in [3.05, 3.63) is 70.3 Å². The van der Waals surface area contributed by atoms with Crippen LogP contribution >= 0.6 is 11.6 Å². The van der Waals surface area contributed by atoms with Crippen molar-refractivity contribution >= 4 is 23.6 Å². The molecule has 0 aliphatic rings. The van der Waals surface area contributed by atoms with Gasteiger partial charge in [-0.05, 0) is 41.5 Å². The molecule has 0 radical (unpaired) electrons. The molecule has 0 aliphatic heterocycles. The maximum absolute atomic E-state index is 12.4. The van der Waals surface area contributed by atoms with Gasteiger partial charge in [-0.25, -0.2) is 0 Å². The smallest absolute Gasteiger partial charge is 0.249 e. The third-order valence-electron chi connectivity index (χ3n) is 3.45. The van der Waals surface area contributed by atoms with Crippen LogP contribution in [0.15, 0.2) is 54.1 Å². The Balaban J connectivity index is 2.29. The topological polar surface area (TPSA) is 29.5 Å². The van der Waals surface area contributed by atoms with E-state index in [0.717, 1.165) is 22.4 Å². The van der Waals surface area contributed by atoms with Crippen LogP contribution in [0.3, 0.4) is 0 Å². The molecule has 2 aromatic carbocycles. The molecule has 0 bridgehead atoms. The lowest BCUT2D eigenvalue weighted by Gasteiger charge is -2.14. The van der Waals surface area contributed by atoms with Gasteiger partial charge >= 0.3 is 0 Å². The number of hydrogen-bond donors (Lipinski definition) is 0. The fourth-order valence-corrected chi connectivity index (χ4v) is 2.33. The molecular formula is C19H20ClNO2. The predicted octanol–water partition coefficient (Wildman–Crippen LogP) is 4.06. The van der Waals surface area contributed by atoms with Crippen molar-refractivity contribution in [2.45, 2.75) is 6.42 Å². The van der Waals surface area contributed by atoms with Crippen LogP contribution in [0.2, 0.25) is 5.02 Å². The number of halogens is 1. The second-order valence-electron chi connectivity index (χ2n) is 5.45. The van der Waals surface area contributed by atoms with Gasteiger partial charge in [0.1, 0.15) is 5.75 Å². The van der Waals surface area contributed by atoms with Crippen LogP contribution in [-0.4, -0.2) is 32.0 Å². The molecule has 3 nitrogen and oxygen atoms in total. The SMILES string of the molecule is COc1ccc(CC(=Cc2ccc(Cl)cc2)C(=O)N(C)C)cc1. The van der Waals surface area contributed by atoms with E-state index in [2.05, 4.69) is 0 Å². The molecule has 0 spiro atoms. The second kappa shape index (κ2) is 7.84. The number of carbonyl (C=O) groups is 1. The number of methoxy groups -OCH3 is 1. The summed E-state index contributed by atoms with van der Waals surface area (Å²) in [5, 5.41) is 0.679. The van der Waals surface area contributed by atoms with E-state index in [4.69, 9.17) is 16.3 Å². The first-order valence-corrected chi connectivity index (χ1v) is 7.68. The van der Waals surface area contributed by atoms with Gasteiger partial charge in [0.2, 0.25) is 5.91 Å². The molecule has 0 aliphatic carbocycles. The lowest BCUT2D eigenvalue weighted by molar-refractivity contribution is -0.124. The number of likely N-dealkylation sites (N-methyl/N-ethyl adjacent to an activating group) is 1. The normalized spacial score (nSPS) is 11.2. The first-order valence-electron chi connectivity index (χ1n) is 7.30. The Labute approximate surface area is 142 Å². The van der Waals surface area contributed by atoms with Gasteiger partial charge in [-0.15, -0.1) is 0 Å². The zero-order valence-electron chi connectivity index (χ0n) is 13.5. The van der Waals surface area contributed by atoms with Crippen LogP contribution in [0.25, 0.3) is 6.08 Å². The highest BCUT2D eigenvalue weighted by Crippen LogP contribution is 2.18. The highest BCUT2D eigenvalue weighted by Gasteiger charge is 2.13. The first kappa shape index (κ1) is 17.1. The lowest BCUT2D eigenvalue weighted by atomic mass is 10.0. The van der Waals surface area contributed by atoms with Gasteiger partial charge in [0.05, 0.1) is 7.11 Å². The van der Waals surface area contributed by atoms with Gasteiger partial charge in [0.15, 0.2) is 0 Å². The Hall–Kier alpha value is -2.26. The Morgan fingerprint density at radius 1 is 1.09 bits per heavy atom. The average molecular weight is 330 g/mol. The van der Waals surface area contributed by atoms with Crippen LogP contribution in [0.4, 0.5) is 0 Å². The molecule has 0 heterocycles. The van der Waals surface area contributed by atoms with Gasteiger partial charge in [-0.3, -0.25) is 4.79 Å². The number of ether oxygens (including phenoxy) is 1. The van der Waals surface area contributed by atoms with Gasteiger partial charge < -0.3 is 9.64 Å². The van der Waals surface area contributed by atoms with Gasteiger partial charge in [-0.1, -0.05) is 35.9 Å². The van der Waals surface area contributed by atoms with Gasteiger partial charge in [-0.2, -0.15) is 0 Å². The molecule has 2 aromatic rings. The van der Waals surface area contributed by atoms with Crippen molar-refractivity contribution in [2.24, 2.45) is 0 Å². The summed E-state index contributed by atoms with van der Waals surface area (Å²) in [4.78, 5) is 14.0. The Morgan fingerprint density at radius 2 is 1.70 bits per heavy atom. The minimum absolute atomic E-state index is 0.00392. The van der Waals surface area contributed by atoms with Crippen LogP contribution in [0, 0.1) is 0 Å². The molecule has 1 amide bonds. The molecule has 0 saturated carbocycles. The molecule has 0 aromatic heterocycles. The van der Waals surface area contributed by atoms with E-state index in [-0.39, 0.29) is 5.91 Å². The summed E-state index contributed by atoms with van der Waals surface area (Å²) in [5.41, 5.74) is 2.73. The average Bonchev–Trinajstić information content (AvgIpc) is 2.56. The lowest BCUT2D eigenvalue weighted by Crippen LogP contribution is -2.24. The van der Waals surface area contributed by atoms with Crippen LogP contribution in [0.1, 0.15) is 11.1 Å². The fraction of sp³-hybridized carbons (Fsp3) is 0.211. The summed E-state index contributed by atoms with van der Waals surface area (Å²) in [5.74, 6) is 0.798. The molecule has 0 N–H and O–H groups in total. The number of benzene rings is 2. The second-order valence-corrected chi connectivity index (χ2v) is 5.88. The zero-order valence-corrected chi connectivity index (χ0v) is 14.3. The van der Waals surface area contributed by atoms with Crippen molar-refractivity contribution in [3.8, 4) is 5.75 Å². The summed E-state index contributed by atoms with van der Waals surface area (Å²) in [6.07, 6.45) is 2.46. The number of carbonyl (C=O) groups excluding carboxylic acids is 1. The third-order valence-corrected chi connectivity index (χ3v) is 3.70. The highest BCUT2D eigenvalue weighted by atomic mass is 35.5. The van der Waals surface area contributed by atoms with E-state index in [1.807, 2.05) is 54.6 Å². The first-order chi connectivity index (χ1) is 11.0. The van der Waals surface area contributed by atoms with E-state index in [9.17, 15) is 4.79 Å². The molecule has 120 valence electrons. The van der Waals surface area contributed by atoms with Crippen LogP contribution in [0.5, 0.6) is 5.75 Å². The summed E-state index contributed by atoms with van der Waals surface area (Å²) in [7, 11) is 5.15. The number of hydrogen-bond acceptors (Lipinski definition) is 2. The van der Waals surface area contributed by atoms with Crippen molar-refractivity contribution in [3.63, 3.8) is 0 Å². The molecular weight excluding hydrogens is 310 g/mol. The Morgan fingerprint density at radius 3 is 2.22 bits per heavy atom. The zero-order chi connectivity index (χ0) is 16.8. The number of rotatable bonds is 5.